The van der Waals surface area contributed by atoms with E-state index in [9.17, 15) is 19.7 Å². The van der Waals surface area contributed by atoms with E-state index in [1.54, 1.807) is 6.92 Å². The van der Waals surface area contributed by atoms with Gasteiger partial charge in [-0.1, -0.05) is 6.92 Å². The molecule has 0 saturated heterocycles. The van der Waals surface area contributed by atoms with Crippen molar-refractivity contribution in [2.75, 3.05) is 11.4 Å². The van der Waals surface area contributed by atoms with Crippen LogP contribution in [0.1, 0.15) is 30.6 Å². The second-order valence-corrected chi connectivity index (χ2v) is 4.60. The van der Waals surface area contributed by atoms with Crippen molar-refractivity contribution in [2.45, 2.75) is 26.3 Å². The van der Waals surface area contributed by atoms with Gasteiger partial charge in [0.15, 0.2) is 0 Å². The lowest BCUT2D eigenvalue weighted by Gasteiger charge is -2.28. The van der Waals surface area contributed by atoms with Crippen molar-refractivity contribution in [1.82, 2.24) is 0 Å². The Bertz CT molecular complexity index is 573. The van der Waals surface area contributed by atoms with E-state index in [1.165, 1.54) is 17.0 Å². The Balaban J connectivity index is 3.44. The molecule has 0 spiro atoms. The van der Waals surface area contributed by atoms with Crippen LogP contribution in [0.5, 0.6) is 0 Å². The number of hydrogen-bond acceptors (Lipinski definition) is 5. The van der Waals surface area contributed by atoms with Crippen LogP contribution in [-0.4, -0.2) is 34.5 Å². The van der Waals surface area contributed by atoms with E-state index in [4.69, 9.17) is 10.8 Å². The number of benzene rings is 1. The van der Waals surface area contributed by atoms with Crippen LogP contribution in [0.4, 0.5) is 11.4 Å². The molecule has 3 N–H and O–H groups in total. The lowest BCUT2D eigenvalue weighted by molar-refractivity contribution is -0.384. The molecule has 8 heteroatoms. The molecule has 0 aliphatic heterocycles. The number of carboxylic acid groups (broad SMARTS) is 1. The number of nitrogens with zero attached hydrogens (tertiary/aromatic N) is 2. The van der Waals surface area contributed by atoms with E-state index in [0.717, 1.165) is 6.07 Å². The zero-order valence-electron chi connectivity index (χ0n) is 11.8. The van der Waals surface area contributed by atoms with Gasteiger partial charge < -0.3 is 15.7 Å². The quantitative estimate of drug-likeness (QED) is 0.578. The Morgan fingerprint density at radius 3 is 2.52 bits per heavy atom. The Hall–Kier alpha value is -2.64. The van der Waals surface area contributed by atoms with Crippen molar-refractivity contribution in [3.63, 3.8) is 0 Å². The highest BCUT2D eigenvalue weighted by Crippen LogP contribution is 2.31. The summed E-state index contributed by atoms with van der Waals surface area (Å²) >= 11 is 0. The van der Waals surface area contributed by atoms with Gasteiger partial charge in [-0.2, -0.15) is 0 Å². The highest BCUT2D eigenvalue weighted by molar-refractivity contribution is 5.95. The van der Waals surface area contributed by atoms with Gasteiger partial charge in [0, 0.05) is 17.7 Å². The van der Waals surface area contributed by atoms with Crippen LogP contribution in [0, 0.1) is 10.1 Å². The van der Waals surface area contributed by atoms with Crippen molar-refractivity contribution in [3.8, 4) is 0 Å². The molecule has 1 rings (SSSR count). The van der Waals surface area contributed by atoms with Crippen LogP contribution in [0.3, 0.4) is 0 Å². The molecule has 0 bridgehead atoms. The fourth-order valence-electron chi connectivity index (χ4n) is 1.91. The predicted octanol–water partition coefficient (Wildman–Crippen LogP) is 1.38. The summed E-state index contributed by atoms with van der Waals surface area (Å²) in [6.45, 7) is 3.19. The van der Waals surface area contributed by atoms with Gasteiger partial charge in [0.05, 0.1) is 4.92 Å². The van der Waals surface area contributed by atoms with E-state index < -0.39 is 23.3 Å². The third-order valence-electron chi connectivity index (χ3n) is 3.19. The maximum absolute atomic E-state index is 11.2. The molecular formula is C13H17N3O5. The largest absolute Gasteiger partial charge is 0.480 e. The van der Waals surface area contributed by atoms with E-state index in [0.29, 0.717) is 6.42 Å². The molecule has 1 amide bonds. The van der Waals surface area contributed by atoms with E-state index in [-0.39, 0.29) is 23.0 Å². The average molecular weight is 295 g/mol. The van der Waals surface area contributed by atoms with Gasteiger partial charge in [-0.3, -0.25) is 19.7 Å². The smallest absolute Gasteiger partial charge is 0.323 e. The second-order valence-electron chi connectivity index (χ2n) is 4.60. The van der Waals surface area contributed by atoms with Gasteiger partial charge in [-0.05, 0) is 25.5 Å². The molecule has 1 atom stereocenters. The third kappa shape index (κ3) is 3.91. The number of rotatable bonds is 7. The molecule has 1 aromatic carbocycles. The highest BCUT2D eigenvalue weighted by Gasteiger charge is 2.25. The number of amides is 1. The van der Waals surface area contributed by atoms with Crippen LogP contribution in [0.15, 0.2) is 18.2 Å². The van der Waals surface area contributed by atoms with E-state index in [2.05, 4.69) is 0 Å². The zero-order chi connectivity index (χ0) is 16.2. The number of nitrogens with two attached hydrogens (primary N) is 1. The highest BCUT2D eigenvalue weighted by atomic mass is 16.6. The Morgan fingerprint density at radius 2 is 2.10 bits per heavy atom. The summed E-state index contributed by atoms with van der Waals surface area (Å²) in [5.41, 5.74) is 5.08. The van der Waals surface area contributed by atoms with Crippen molar-refractivity contribution < 1.29 is 19.6 Å². The number of carboxylic acids is 1. The van der Waals surface area contributed by atoms with Gasteiger partial charge in [0.1, 0.15) is 12.2 Å². The number of carbonyl (C=O) groups excluding carboxylic acids is 1. The summed E-state index contributed by atoms with van der Waals surface area (Å²) in [5.74, 6) is -1.85. The summed E-state index contributed by atoms with van der Waals surface area (Å²) in [7, 11) is 0. The molecule has 0 heterocycles. The summed E-state index contributed by atoms with van der Waals surface area (Å²) in [6.07, 6.45) is 0.589. The first-order chi connectivity index (χ1) is 9.77. The Kier molecular flexibility index (Phi) is 5.23. The maximum atomic E-state index is 11.2. The molecule has 0 aliphatic carbocycles. The minimum Gasteiger partial charge on any atom is -0.480 e. The number of hydrogen-bond donors (Lipinski definition) is 2. The monoisotopic (exact) mass is 295 g/mol. The molecule has 1 unspecified atom stereocenters. The van der Waals surface area contributed by atoms with Crippen LogP contribution in [0.25, 0.3) is 0 Å². The van der Waals surface area contributed by atoms with Gasteiger partial charge in [0.2, 0.25) is 5.91 Å². The normalized spacial score (nSPS) is 11.7. The maximum Gasteiger partial charge on any atom is 0.323 e. The number of aliphatic carboxylic acids is 1. The second kappa shape index (κ2) is 6.69. The molecule has 0 radical (unpaired) electrons. The van der Waals surface area contributed by atoms with Gasteiger partial charge in [-0.15, -0.1) is 0 Å². The van der Waals surface area contributed by atoms with Crippen LogP contribution >= 0.6 is 0 Å². The minimum atomic E-state index is -1.12. The summed E-state index contributed by atoms with van der Waals surface area (Å²) < 4.78 is 0. The first-order valence-corrected chi connectivity index (χ1v) is 6.34. The van der Waals surface area contributed by atoms with Crippen molar-refractivity contribution in [2.24, 2.45) is 5.73 Å². The Morgan fingerprint density at radius 1 is 1.48 bits per heavy atom. The molecule has 8 nitrogen and oxygen atoms in total. The predicted molar refractivity (Wildman–Crippen MR) is 76.3 cm³/mol. The van der Waals surface area contributed by atoms with Crippen LogP contribution in [0.2, 0.25) is 0 Å². The molecule has 114 valence electrons. The summed E-state index contributed by atoms with van der Waals surface area (Å²) in [4.78, 5) is 34.1. The van der Waals surface area contributed by atoms with Gasteiger partial charge >= 0.3 is 5.97 Å². The van der Waals surface area contributed by atoms with E-state index >= 15 is 0 Å². The molecule has 0 saturated carbocycles. The standard InChI is InChI=1S/C13H17N3O5/c1-3-8(2)15(7-12(17)18)11-6-9(13(14)19)4-5-10(11)16(20)21/h4-6,8H,3,7H2,1-2H3,(H2,14,19)(H,17,18). The summed E-state index contributed by atoms with van der Waals surface area (Å²) in [5, 5.41) is 20.1. The minimum absolute atomic E-state index is 0.0769. The Labute approximate surface area is 121 Å². The average Bonchev–Trinajstić information content (AvgIpc) is 2.42. The lowest BCUT2D eigenvalue weighted by Crippen LogP contribution is -2.37. The number of anilines is 1. The first-order valence-electron chi connectivity index (χ1n) is 6.34. The third-order valence-corrected chi connectivity index (χ3v) is 3.19. The number of carbonyl (C=O) groups is 2. The molecule has 0 aromatic heterocycles. The summed E-state index contributed by atoms with van der Waals surface area (Å²) in [6, 6.07) is 3.42. The number of nitro benzene ring substituents is 1. The lowest BCUT2D eigenvalue weighted by atomic mass is 10.1. The molecule has 1 aromatic rings. The van der Waals surface area contributed by atoms with Crippen molar-refractivity contribution >= 4 is 23.3 Å². The van der Waals surface area contributed by atoms with E-state index in [1.807, 2.05) is 6.92 Å². The number of nitro groups is 1. The fourth-order valence-corrected chi connectivity index (χ4v) is 1.91. The number of primary amides is 1. The van der Waals surface area contributed by atoms with Gasteiger partial charge in [0.25, 0.3) is 5.69 Å². The molecular weight excluding hydrogens is 278 g/mol. The fraction of sp³-hybridized carbons (Fsp3) is 0.385. The molecule has 0 aliphatic rings. The van der Waals surface area contributed by atoms with Gasteiger partial charge in [-0.25, -0.2) is 0 Å². The zero-order valence-corrected chi connectivity index (χ0v) is 11.8. The van der Waals surface area contributed by atoms with Crippen LogP contribution < -0.4 is 10.6 Å². The molecule has 21 heavy (non-hydrogen) atoms. The first kappa shape index (κ1) is 16.4. The van der Waals surface area contributed by atoms with Crippen LogP contribution in [-0.2, 0) is 4.79 Å². The topological polar surface area (TPSA) is 127 Å². The van der Waals surface area contributed by atoms with Crippen molar-refractivity contribution in [1.29, 1.82) is 0 Å². The van der Waals surface area contributed by atoms with Crippen molar-refractivity contribution in [3.05, 3.63) is 33.9 Å². The molecule has 0 fully saturated rings. The SMILES string of the molecule is CCC(C)N(CC(=O)O)c1cc(C(N)=O)ccc1[N+](=O)[O-].